The van der Waals surface area contributed by atoms with E-state index in [2.05, 4.69) is 44.5 Å². The molecule has 2 aromatic heterocycles. The molecule has 2 rings (SSSR count). The molecule has 0 aliphatic heterocycles. The van der Waals surface area contributed by atoms with Crippen molar-refractivity contribution in [3.05, 3.63) is 40.3 Å². The third-order valence-electron chi connectivity index (χ3n) is 3.13. The molecule has 0 radical (unpaired) electrons. The minimum atomic E-state index is 0.471. The molecule has 6 heteroatoms. The number of nitrogens with zero attached hydrogens (tertiary/aromatic N) is 3. The zero-order valence-electron chi connectivity index (χ0n) is 12.1. The summed E-state index contributed by atoms with van der Waals surface area (Å²) in [6, 6.07) is 2.17. The van der Waals surface area contributed by atoms with Crippen LogP contribution < -0.4 is 10.6 Å². The Balaban J connectivity index is 1.78. The Bertz CT molecular complexity index is 544. The van der Waals surface area contributed by atoms with Crippen LogP contribution in [0.4, 0.5) is 0 Å². The summed E-state index contributed by atoms with van der Waals surface area (Å²) in [4.78, 5) is 4.23. The van der Waals surface area contributed by atoms with E-state index in [1.807, 2.05) is 19.4 Å². The lowest BCUT2D eigenvalue weighted by Crippen LogP contribution is -2.38. The molecule has 0 aliphatic rings. The lowest BCUT2D eigenvalue weighted by atomic mass is 10.1. The zero-order valence-corrected chi connectivity index (χ0v) is 12.9. The topological polar surface area (TPSA) is 54.2 Å². The van der Waals surface area contributed by atoms with E-state index in [1.165, 1.54) is 5.56 Å². The number of rotatable bonds is 5. The largest absolute Gasteiger partial charge is 0.356 e. The molecule has 0 saturated carbocycles. The maximum atomic E-state index is 4.23. The SMILES string of the molecule is CN=C(NCc1cnn(C)c1)NCC(C)c1ccsc1. The Hall–Kier alpha value is -1.82. The second-order valence-electron chi connectivity index (χ2n) is 4.79. The van der Waals surface area contributed by atoms with Crippen molar-refractivity contribution in [1.82, 2.24) is 20.4 Å². The summed E-state index contributed by atoms with van der Waals surface area (Å²) in [5.41, 5.74) is 2.51. The first-order valence-corrected chi connectivity index (χ1v) is 7.57. The summed E-state index contributed by atoms with van der Waals surface area (Å²) in [5, 5.41) is 15.1. The van der Waals surface area contributed by atoms with E-state index in [9.17, 15) is 0 Å². The zero-order chi connectivity index (χ0) is 14.4. The van der Waals surface area contributed by atoms with Gasteiger partial charge in [-0.1, -0.05) is 6.92 Å². The Morgan fingerprint density at radius 3 is 2.95 bits per heavy atom. The van der Waals surface area contributed by atoms with Crippen molar-refractivity contribution >= 4 is 17.3 Å². The van der Waals surface area contributed by atoms with E-state index in [-0.39, 0.29) is 0 Å². The Morgan fingerprint density at radius 1 is 1.50 bits per heavy atom. The van der Waals surface area contributed by atoms with Crippen LogP contribution in [-0.2, 0) is 13.6 Å². The molecule has 2 N–H and O–H groups in total. The molecular weight excluding hydrogens is 270 g/mol. The van der Waals surface area contributed by atoms with Crippen LogP contribution in [0.2, 0.25) is 0 Å². The molecule has 5 nitrogen and oxygen atoms in total. The summed E-state index contributed by atoms with van der Waals surface area (Å²) < 4.78 is 1.80. The molecule has 0 fully saturated rings. The van der Waals surface area contributed by atoms with Gasteiger partial charge in [-0.2, -0.15) is 16.4 Å². The van der Waals surface area contributed by atoms with Gasteiger partial charge >= 0.3 is 0 Å². The van der Waals surface area contributed by atoms with E-state index in [1.54, 1.807) is 23.1 Å². The fraction of sp³-hybridized carbons (Fsp3) is 0.429. The number of aromatic nitrogens is 2. The predicted octanol–water partition coefficient (Wildman–Crippen LogP) is 1.95. The van der Waals surface area contributed by atoms with Gasteiger partial charge in [0.2, 0.25) is 0 Å². The van der Waals surface area contributed by atoms with Crippen molar-refractivity contribution in [2.24, 2.45) is 12.0 Å². The van der Waals surface area contributed by atoms with E-state index in [0.29, 0.717) is 5.92 Å². The molecule has 0 bridgehead atoms. The fourth-order valence-electron chi connectivity index (χ4n) is 1.89. The van der Waals surface area contributed by atoms with Crippen molar-refractivity contribution < 1.29 is 0 Å². The van der Waals surface area contributed by atoms with Crippen LogP contribution in [0.3, 0.4) is 0 Å². The van der Waals surface area contributed by atoms with Crippen molar-refractivity contribution in [3.8, 4) is 0 Å². The fourth-order valence-corrected chi connectivity index (χ4v) is 2.67. The quantitative estimate of drug-likeness (QED) is 0.654. The normalized spacial score (nSPS) is 13.2. The molecule has 2 heterocycles. The van der Waals surface area contributed by atoms with Crippen LogP contribution in [-0.4, -0.2) is 29.3 Å². The van der Waals surface area contributed by atoms with Crippen molar-refractivity contribution in [2.45, 2.75) is 19.4 Å². The molecule has 20 heavy (non-hydrogen) atoms. The van der Waals surface area contributed by atoms with Gasteiger partial charge in [-0.3, -0.25) is 9.67 Å². The third-order valence-corrected chi connectivity index (χ3v) is 3.83. The van der Waals surface area contributed by atoms with Crippen LogP contribution in [0, 0.1) is 0 Å². The smallest absolute Gasteiger partial charge is 0.191 e. The van der Waals surface area contributed by atoms with Crippen LogP contribution >= 0.6 is 11.3 Å². The number of guanidine groups is 1. The second-order valence-corrected chi connectivity index (χ2v) is 5.57. The van der Waals surface area contributed by atoms with Crippen molar-refractivity contribution in [1.29, 1.82) is 0 Å². The average molecular weight is 291 g/mol. The van der Waals surface area contributed by atoms with Crippen LogP contribution in [0.25, 0.3) is 0 Å². The maximum Gasteiger partial charge on any atom is 0.191 e. The minimum Gasteiger partial charge on any atom is -0.356 e. The average Bonchev–Trinajstić information content (AvgIpc) is 3.10. The number of hydrogen-bond acceptors (Lipinski definition) is 3. The van der Waals surface area contributed by atoms with E-state index in [4.69, 9.17) is 0 Å². The number of hydrogen-bond donors (Lipinski definition) is 2. The Labute approximate surface area is 123 Å². The van der Waals surface area contributed by atoms with E-state index in [0.717, 1.165) is 24.6 Å². The summed E-state index contributed by atoms with van der Waals surface area (Å²) in [6.07, 6.45) is 3.85. The molecule has 0 amide bonds. The molecule has 1 atom stereocenters. The highest BCUT2D eigenvalue weighted by molar-refractivity contribution is 7.07. The lowest BCUT2D eigenvalue weighted by Gasteiger charge is -2.15. The highest BCUT2D eigenvalue weighted by Crippen LogP contribution is 2.16. The van der Waals surface area contributed by atoms with Gasteiger partial charge in [0.05, 0.1) is 6.20 Å². The van der Waals surface area contributed by atoms with Crippen molar-refractivity contribution in [3.63, 3.8) is 0 Å². The number of thiophene rings is 1. The molecular formula is C14H21N5S. The number of aliphatic imine (C=N–C) groups is 1. The predicted molar refractivity (Wildman–Crippen MR) is 84.1 cm³/mol. The van der Waals surface area contributed by atoms with E-state index >= 15 is 0 Å². The highest BCUT2D eigenvalue weighted by Gasteiger charge is 2.07. The lowest BCUT2D eigenvalue weighted by molar-refractivity contribution is 0.700. The molecule has 2 aromatic rings. The first-order chi connectivity index (χ1) is 9.69. The first-order valence-electron chi connectivity index (χ1n) is 6.63. The number of aryl methyl sites for hydroxylation is 1. The third kappa shape index (κ3) is 4.09. The van der Waals surface area contributed by atoms with Gasteiger partial charge in [0, 0.05) is 38.9 Å². The monoisotopic (exact) mass is 291 g/mol. The van der Waals surface area contributed by atoms with E-state index < -0.39 is 0 Å². The van der Waals surface area contributed by atoms with Crippen LogP contribution in [0.15, 0.2) is 34.2 Å². The van der Waals surface area contributed by atoms with Crippen LogP contribution in [0.1, 0.15) is 24.0 Å². The minimum absolute atomic E-state index is 0.471. The Kier molecular flexibility index (Phi) is 5.17. The van der Waals surface area contributed by atoms with Gasteiger partial charge in [0.1, 0.15) is 0 Å². The van der Waals surface area contributed by atoms with Gasteiger partial charge in [-0.15, -0.1) is 0 Å². The molecule has 1 unspecified atom stereocenters. The molecule has 0 saturated heterocycles. The maximum absolute atomic E-state index is 4.23. The van der Waals surface area contributed by atoms with Gasteiger partial charge in [0.25, 0.3) is 0 Å². The highest BCUT2D eigenvalue weighted by atomic mass is 32.1. The van der Waals surface area contributed by atoms with Crippen LogP contribution in [0.5, 0.6) is 0 Å². The Morgan fingerprint density at radius 2 is 2.35 bits per heavy atom. The van der Waals surface area contributed by atoms with Crippen molar-refractivity contribution in [2.75, 3.05) is 13.6 Å². The first kappa shape index (κ1) is 14.6. The molecule has 0 spiro atoms. The summed E-state index contributed by atoms with van der Waals surface area (Å²) >= 11 is 1.73. The summed E-state index contributed by atoms with van der Waals surface area (Å²) in [7, 11) is 3.70. The van der Waals surface area contributed by atoms with Gasteiger partial charge in [0.15, 0.2) is 5.96 Å². The standard InChI is InChI=1S/C14H21N5S/c1-11(13-4-5-20-10-13)6-16-14(15-2)17-7-12-8-18-19(3)9-12/h4-5,8-11H,6-7H2,1-3H3,(H2,15,16,17). The van der Waals surface area contributed by atoms with Gasteiger partial charge in [-0.05, 0) is 28.3 Å². The summed E-state index contributed by atoms with van der Waals surface area (Å²) in [6.45, 7) is 3.80. The van der Waals surface area contributed by atoms with Gasteiger partial charge < -0.3 is 10.6 Å². The summed E-state index contributed by atoms with van der Waals surface area (Å²) in [5.74, 6) is 1.29. The number of nitrogens with one attached hydrogen (secondary N) is 2. The van der Waals surface area contributed by atoms with Gasteiger partial charge in [-0.25, -0.2) is 0 Å². The molecule has 0 aromatic carbocycles. The second kappa shape index (κ2) is 7.09. The molecule has 0 aliphatic carbocycles. The molecule has 108 valence electrons.